The number of hydrogen-bond acceptors (Lipinski definition) is 6. The molecule has 0 N–H and O–H groups in total. The maximum Gasteiger partial charge on any atom is 0.176 e. The van der Waals surface area contributed by atoms with Crippen molar-refractivity contribution in [3.63, 3.8) is 0 Å². The largest absolute Gasteiger partial charge is 0.379 e. The van der Waals surface area contributed by atoms with Crippen molar-refractivity contribution in [2.24, 2.45) is 0 Å². The third kappa shape index (κ3) is 7.06. The topological polar surface area (TPSA) is 59.3 Å². The van der Waals surface area contributed by atoms with Gasteiger partial charge in [0, 0.05) is 32.7 Å². The second kappa shape index (κ2) is 13.4. The van der Waals surface area contributed by atoms with Crippen LogP contribution in [0.5, 0.6) is 0 Å². The van der Waals surface area contributed by atoms with Crippen LogP contribution in [0.3, 0.4) is 0 Å². The summed E-state index contributed by atoms with van der Waals surface area (Å²) in [4.78, 5) is 4.98. The van der Waals surface area contributed by atoms with Gasteiger partial charge < -0.3 is 4.74 Å². The van der Waals surface area contributed by atoms with Gasteiger partial charge in [0.05, 0.1) is 24.9 Å². The molecule has 2 heterocycles. The number of tetrazole rings is 1. The Morgan fingerprint density at radius 3 is 2.26 bits per heavy atom. The van der Waals surface area contributed by atoms with E-state index in [1.54, 1.807) is 0 Å². The number of benzene rings is 3. The van der Waals surface area contributed by atoms with Gasteiger partial charge in [-0.2, -0.15) is 4.68 Å². The highest BCUT2D eigenvalue weighted by Crippen LogP contribution is 2.26. The number of hydrogen-bond donors (Lipinski definition) is 0. The molecule has 202 valence electrons. The first-order valence-corrected chi connectivity index (χ1v) is 13.8. The zero-order chi connectivity index (χ0) is 26.9. The van der Waals surface area contributed by atoms with Crippen LogP contribution in [-0.4, -0.2) is 75.9 Å². The molecule has 0 unspecified atom stereocenters. The molecule has 1 fully saturated rings. The maximum atomic E-state index is 6.29. The fourth-order valence-corrected chi connectivity index (χ4v) is 5.23. The van der Waals surface area contributed by atoms with Gasteiger partial charge in [0.1, 0.15) is 0 Å². The number of rotatable bonds is 11. The minimum Gasteiger partial charge on any atom is -0.379 e. The van der Waals surface area contributed by atoms with Gasteiger partial charge in [0.15, 0.2) is 5.82 Å². The van der Waals surface area contributed by atoms with Crippen LogP contribution in [0.1, 0.15) is 34.1 Å². The lowest BCUT2D eigenvalue weighted by Gasteiger charge is -2.38. The van der Waals surface area contributed by atoms with Crippen molar-refractivity contribution in [3.05, 3.63) is 113 Å². The summed E-state index contributed by atoms with van der Waals surface area (Å²) in [6.07, 6.45) is 5.35. The third-order valence-electron chi connectivity index (χ3n) is 7.42. The first-order chi connectivity index (χ1) is 19.2. The summed E-state index contributed by atoms with van der Waals surface area (Å²) in [6.45, 7) is 10.2. The van der Waals surface area contributed by atoms with Gasteiger partial charge in [0.25, 0.3) is 0 Å². The average Bonchev–Trinajstić information content (AvgIpc) is 3.44. The van der Waals surface area contributed by atoms with Gasteiger partial charge in [-0.25, -0.2) is 0 Å². The Kier molecular flexibility index (Phi) is 9.27. The summed E-state index contributed by atoms with van der Waals surface area (Å²) in [5, 5.41) is 13.1. The Labute approximate surface area is 231 Å². The first-order valence-electron chi connectivity index (χ1n) is 13.8. The second-order valence-electron chi connectivity index (χ2n) is 10.2. The fraction of sp³-hybridized carbons (Fsp3) is 0.344. The molecular weight excluding hydrogens is 484 g/mol. The summed E-state index contributed by atoms with van der Waals surface area (Å²) in [7, 11) is 0. The fourth-order valence-electron chi connectivity index (χ4n) is 5.23. The average molecular weight is 523 g/mol. The molecule has 1 atom stereocenters. The molecular formula is C32H38N6O. The van der Waals surface area contributed by atoms with E-state index in [-0.39, 0.29) is 6.04 Å². The SMILES string of the molecule is Cc1cccc(C)c1-n1nnnc1[C@@H](COCCc1ccccc1)N1CCN(C/C=C/c2ccccc2)CC1. The van der Waals surface area contributed by atoms with E-state index in [1.165, 1.54) is 11.1 Å². The summed E-state index contributed by atoms with van der Waals surface area (Å²) in [5.74, 6) is 0.838. The summed E-state index contributed by atoms with van der Waals surface area (Å²) < 4.78 is 8.21. The second-order valence-corrected chi connectivity index (χ2v) is 10.2. The molecule has 39 heavy (non-hydrogen) atoms. The molecule has 0 radical (unpaired) electrons. The van der Waals surface area contributed by atoms with Gasteiger partial charge in [0.2, 0.25) is 0 Å². The van der Waals surface area contributed by atoms with E-state index in [1.807, 2.05) is 10.7 Å². The van der Waals surface area contributed by atoms with Crippen LogP contribution in [0.2, 0.25) is 0 Å². The molecule has 7 nitrogen and oxygen atoms in total. The van der Waals surface area contributed by atoms with Crippen LogP contribution in [0.15, 0.2) is 84.9 Å². The number of piperazine rings is 1. The highest BCUT2D eigenvalue weighted by molar-refractivity contribution is 5.49. The number of aryl methyl sites for hydroxylation is 2. The van der Waals surface area contributed by atoms with Crippen molar-refractivity contribution in [1.29, 1.82) is 0 Å². The van der Waals surface area contributed by atoms with Crippen LogP contribution < -0.4 is 0 Å². The van der Waals surface area contributed by atoms with E-state index in [2.05, 4.69) is 124 Å². The molecule has 3 aromatic carbocycles. The molecule has 0 spiro atoms. The molecule has 1 saturated heterocycles. The van der Waals surface area contributed by atoms with Crippen molar-refractivity contribution in [2.45, 2.75) is 26.3 Å². The van der Waals surface area contributed by atoms with Gasteiger partial charge >= 0.3 is 0 Å². The van der Waals surface area contributed by atoms with Crippen LogP contribution >= 0.6 is 0 Å². The van der Waals surface area contributed by atoms with Crippen molar-refractivity contribution in [3.8, 4) is 5.69 Å². The number of ether oxygens (including phenoxy) is 1. The minimum absolute atomic E-state index is 0.0307. The zero-order valence-electron chi connectivity index (χ0n) is 23.0. The van der Waals surface area contributed by atoms with Gasteiger partial charge in [-0.15, -0.1) is 5.10 Å². The van der Waals surface area contributed by atoms with E-state index in [0.29, 0.717) is 13.2 Å². The molecule has 1 aliphatic rings. The Morgan fingerprint density at radius 2 is 1.54 bits per heavy atom. The predicted molar refractivity (Wildman–Crippen MR) is 156 cm³/mol. The smallest absolute Gasteiger partial charge is 0.176 e. The van der Waals surface area contributed by atoms with E-state index in [0.717, 1.165) is 61.8 Å². The van der Waals surface area contributed by atoms with Crippen molar-refractivity contribution in [2.75, 3.05) is 45.9 Å². The number of para-hydroxylation sites is 1. The van der Waals surface area contributed by atoms with E-state index in [4.69, 9.17) is 4.74 Å². The highest BCUT2D eigenvalue weighted by Gasteiger charge is 2.30. The summed E-state index contributed by atoms with van der Waals surface area (Å²) >= 11 is 0. The maximum absolute atomic E-state index is 6.29. The van der Waals surface area contributed by atoms with E-state index < -0.39 is 0 Å². The van der Waals surface area contributed by atoms with Gasteiger partial charge in [-0.05, 0) is 52.9 Å². The molecule has 5 rings (SSSR count). The van der Waals surface area contributed by atoms with Crippen LogP contribution in [0.25, 0.3) is 11.8 Å². The molecule has 1 aliphatic heterocycles. The quantitative estimate of drug-likeness (QED) is 0.261. The van der Waals surface area contributed by atoms with E-state index >= 15 is 0 Å². The van der Waals surface area contributed by atoms with Crippen LogP contribution in [-0.2, 0) is 11.2 Å². The van der Waals surface area contributed by atoms with Gasteiger partial charge in [-0.1, -0.05) is 91.0 Å². The molecule has 1 aromatic heterocycles. The zero-order valence-corrected chi connectivity index (χ0v) is 23.0. The lowest BCUT2D eigenvalue weighted by molar-refractivity contribution is 0.0297. The lowest BCUT2D eigenvalue weighted by Crippen LogP contribution is -2.49. The summed E-state index contributed by atoms with van der Waals surface area (Å²) in [6, 6.07) is 27.2. The van der Waals surface area contributed by atoms with E-state index in [9.17, 15) is 0 Å². The van der Waals surface area contributed by atoms with Crippen LogP contribution in [0.4, 0.5) is 0 Å². The van der Waals surface area contributed by atoms with Crippen LogP contribution in [0, 0.1) is 13.8 Å². The normalized spacial score (nSPS) is 15.6. The van der Waals surface area contributed by atoms with Crippen molar-refractivity contribution < 1.29 is 4.74 Å². The Morgan fingerprint density at radius 1 is 0.846 bits per heavy atom. The molecule has 4 aromatic rings. The Bertz CT molecular complexity index is 1310. The standard InChI is InChI=1S/C32H38N6O/c1-26-11-9-12-27(2)31(26)38-32(33-34-35-38)30(25-39-24-18-29-15-7-4-8-16-29)37-22-20-36(21-23-37)19-10-17-28-13-5-3-6-14-28/h3-17,30H,18-25H2,1-2H3/b17-10+/t30-/m1/s1. The Hall–Kier alpha value is -3.65. The monoisotopic (exact) mass is 522 g/mol. The molecule has 0 bridgehead atoms. The lowest BCUT2D eigenvalue weighted by atomic mass is 10.1. The number of nitrogens with zero attached hydrogens (tertiary/aromatic N) is 6. The molecule has 0 amide bonds. The minimum atomic E-state index is -0.0307. The molecule has 7 heteroatoms. The highest BCUT2D eigenvalue weighted by atomic mass is 16.5. The number of aromatic nitrogens is 4. The van der Waals surface area contributed by atoms with Crippen molar-refractivity contribution in [1.82, 2.24) is 30.0 Å². The Balaban J connectivity index is 1.28. The first kappa shape index (κ1) is 26.9. The molecule has 0 saturated carbocycles. The molecule has 0 aliphatic carbocycles. The summed E-state index contributed by atoms with van der Waals surface area (Å²) in [5.41, 5.74) is 5.88. The van der Waals surface area contributed by atoms with Gasteiger partial charge in [-0.3, -0.25) is 9.80 Å². The third-order valence-corrected chi connectivity index (χ3v) is 7.42. The predicted octanol–water partition coefficient (Wildman–Crippen LogP) is 4.91. The van der Waals surface area contributed by atoms with Crippen molar-refractivity contribution >= 4 is 6.08 Å².